The molecule has 2 aromatic carbocycles. The monoisotopic (exact) mass is 373 g/mol. The molecule has 1 aliphatic rings. The van der Waals surface area contributed by atoms with Crippen LogP contribution < -0.4 is 9.47 Å². The third-order valence-electron chi connectivity index (χ3n) is 4.56. The Bertz CT molecular complexity index is 808. The molecule has 0 N–H and O–H groups in total. The quantitative estimate of drug-likeness (QED) is 0.691. The number of methoxy groups -OCH3 is 1. The molecule has 4 nitrogen and oxygen atoms in total. The molecule has 0 bridgehead atoms. The Morgan fingerprint density at radius 2 is 1.96 bits per heavy atom. The minimum Gasteiger partial charge on any atom is -0.493 e. The van der Waals surface area contributed by atoms with Crippen LogP contribution in [0.5, 0.6) is 11.5 Å². The second-order valence-corrected chi connectivity index (χ2v) is 6.19. The van der Waals surface area contributed by atoms with Gasteiger partial charge in [0.1, 0.15) is 0 Å². The van der Waals surface area contributed by atoms with Crippen molar-refractivity contribution in [1.82, 2.24) is 4.90 Å². The van der Waals surface area contributed by atoms with Crippen molar-refractivity contribution in [3.63, 3.8) is 0 Å². The van der Waals surface area contributed by atoms with Gasteiger partial charge >= 0.3 is 6.61 Å². The zero-order valence-corrected chi connectivity index (χ0v) is 15.0. The maximum atomic E-state index is 12.7. The fourth-order valence-corrected chi connectivity index (χ4v) is 3.35. The smallest absolute Gasteiger partial charge is 0.387 e. The summed E-state index contributed by atoms with van der Waals surface area (Å²) < 4.78 is 35.1. The number of benzene rings is 2. The molecule has 2 aromatic rings. The van der Waals surface area contributed by atoms with Crippen LogP contribution >= 0.6 is 0 Å². The van der Waals surface area contributed by atoms with Gasteiger partial charge in [-0.3, -0.25) is 4.79 Å². The molecule has 6 heteroatoms. The third-order valence-corrected chi connectivity index (χ3v) is 4.56. The first-order chi connectivity index (χ1) is 13.1. The Labute approximate surface area is 157 Å². The molecular weight excluding hydrogens is 352 g/mol. The number of likely N-dealkylation sites (tertiary alicyclic amines) is 1. The number of para-hydroxylation sites is 1. The number of halogens is 2. The SMILES string of the molecule is COc1cccc(/C=C\C(=O)N2CCC[C@H]2c2ccccc2)c1OC(F)F. The average Bonchev–Trinajstić information content (AvgIpc) is 3.17. The van der Waals surface area contributed by atoms with Gasteiger partial charge in [-0.2, -0.15) is 8.78 Å². The lowest BCUT2D eigenvalue weighted by molar-refractivity contribution is -0.126. The largest absolute Gasteiger partial charge is 0.493 e. The van der Waals surface area contributed by atoms with Crippen molar-refractivity contribution in [2.75, 3.05) is 13.7 Å². The number of ether oxygens (including phenoxy) is 2. The molecule has 1 aliphatic heterocycles. The summed E-state index contributed by atoms with van der Waals surface area (Å²) in [5.74, 6) is -0.0551. The molecule has 1 heterocycles. The predicted molar refractivity (Wildman–Crippen MR) is 98.8 cm³/mol. The van der Waals surface area contributed by atoms with Gasteiger partial charge in [-0.25, -0.2) is 0 Å². The second kappa shape index (κ2) is 8.66. The molecule has 0 saturated carbocycles. The Kier molecular flexibility index (Phi) is 6.06. The average molecular weight is 373 g/mol. The van der Waals surface area contributed by atoms with E-state index in [0.717, 1.165) is 18.4 Å². The van der Waals surface area contributed by atoms with E-state index in [1.165, 1.54) is 25.3 Å². The molecule has 27 heavy (non-hydrogen) atoms. The van der Waals surface area contributed by atoms with Gasteiger partial charge in [-0.05, 0) is 30.5 Å². The Balaban J connectivity index is 1.80. The highest BCUT2D eigenvalue weighted by Gasteiger charge is 2.28. The second-order valence-electron chi connectivity index (χ2n) is 6.19. The summed E-state index contributed by atoms with van der Waals surface area (Å²) in [4.78, 5) is 14.5. The molecule has 0 aliphatic carbocycles. The highest BCUT2D eigenvalue weighted by molar-refractivity contribution is 5.92. The van der Waals surface area contributed by atoms with Crippen LogP contribution in [0.1, 0.15) is 30.0 Å². The minimum atomic E-state index is -2.98. The van der Waals surface area contributed by atoms with Crippen LogP contribution in [0.3, 0.4) is 0 Å². The fraction of sp³-hybridized carbons (Fsp3) is 0.286. The van der Waals surface area contributed by atoms with E-state index in [2.05, 4.69) is 4.74 Å². The summed E-state index contributed by atoms with van der Waals surface area (Å²) >= 11 is 0. The van der Waals surface area contributed by atoms with Gasteiger partial charge in [0.25, 0.3) is 0 Å². The van der Waals surface area contributed by atoms with Gasteiger partial charge in [-0.15, -0.1) is 0 Å². The molecule has 142 valence electrons. The molecule has 1 saturated heterocycles. The van der Waals surface area contributed by atoms with E-state index in [9.17, 15) is 13.6 Å². The van der Waals surface area contributed by atoms with Gasteiger partial charge in [0.05, 0.1) is 13.2 Å². The van der Waals surface area contributed by atoms with Crippen LogP contribution in [0.4, 0.5) is 8.78 Å². The van der Waals surface area contributed by atoms with E-state index in [-0.39, 0.29) is 23.4 Å². The number of rotatable bonds is 6. The minimum absolute atomic E-state index is 0.0328. The number of nitrogens with zero attached hydrogens (tertiary/aromatic N) is 1. The van der Waals surface area contributed by atoms with Gasteiger partial charge in [-0.1, -0.05) is 42.5 Å². The van der Waals surface area contributed by atoms with Crippen molar-refractivity contribution in [3.05, 3.63) is 65.7 Å². The molecular formula is C21H21F2NO3. The zero-order chi connectivity index (χ0) is 19.2. The first kappa shape index (κ1) is 18.9. The Hall–Kier alpha value is -2.89. The van der Waals surface area contributed by atoms with Crippen molar-refractivity contribution < 1.29 is 23.0 Å². The zero-order valence-electron chi connectivity index (χ0n) is 15.0. The van der Waals surface area contributed by atoms with E-state index >= 15 is 0 Å². The lowest BCUT2D eigenvalue weighted by atomic mass is 10.0. The van der Waals surface area contributed by atoms with Gasteiger partial charge in [0.2, 0.25) is 5.91 Å². The Morgan fingerprint density at radius 1 is 1.19 bits per heavy atom. The maximum absolute atomic E-state index is 12.7. The predicted octanol–water partition coefficient (Wildman–Crippen LogP) is 4.67. The summed E-state index contributed by atoms with van der Waals surface area (Å²) in [5.41, 5.74) is 1.46. The van der Waals surface area contributed by atoms with Crippen LogP contribution in [0.25, 0.3) is 6.08 Å². The molecule has 0 spiro atoms. The van der Waals surface area contributed by atoms with Crippen LogP contribution in [-0.2, 0) is 4.79 Å². The molecule has 1 fully saturated rings. The van der Waals surface area contributed by atoms with Crippen molar-refractivity contribution in [1.29, 1.82) is 0 Å². The highest BCUT2D eigenvalue weighted by Crippen LogP contribution is 2.34. The molecule has 1 amide bonds. The lowest BCUT2D eigenvalue weighted by Gasteiger charge is -2.23. The van der Waals surface area contributed by atoms with Crippen molar-refractivity contribution in [2.24, 2.45) is 0 Å². The van der Waals surface area contributed by atoms with E-state index in [0.29, 0.717) is 12.1 Å². The number of carbonyl (C=O) groups is 1. The summed E-state index contributed by atoms with van der Waals surface area (Å²) in [7, 11) is 1.38. The van der Waals surface area contributed by atoms with Gasteiger partial charge in [0, 0.05) is 18.2 Å². The molecule has 0 unspecified atom stereocenters. The fourth-order valence-electron chi connectivity index (χ4n) is 3.35. The lowest BCUT2D eigenvalue weighted by Crippen LogP contribution is -2.28. The molecule has 0 aromatic heterocycles. The van der Waals surface area contributed by atoms with Gasteiger partial charge < -0.3 is 14.4 Å². The topological polar surface area (TPSA) is 38.8 Å². The number of hydrogen-bond acceptors (Lipinski definition) is 3. The van der Waals surface area contributed by atoms with Crippen molar-refractivity contribution in [3.8, 4) is 11.5 Å². The number of amides is 1. The standard InChI is InChI=1S/C21H21F2NO3/c1-26-18-11-5-9-16(20(18)27-21(22)23)12-13-19(25)24-14-6-10-17(24)15-7-3-2-4-8-15/h2-5,7-9,11-13,17,21H,6,10,14H2,1H3/b13-12-/t17-/m0/s1. The summed E-state index contributed by atoms with van der Waals surface area (Å²) in [6.07, 6.45) is 4.72. The van der Waals surface area contributed by atoms with E-state index in [1.807, 2.05) is 30.3 Å². The Morgan fingerprint density at radius 3 is 2.67 bits per heavy atom. The summed E-state index contributed by atoms with van der Waals surface area (Å²) in [5, 5.41) is 0. The number of carbonyl (C=O) groups excluding carboxylic acids is 1. The van der Waals surface area contributed by atoms with Crippen molar-refractivity contribution in [2.45, 2.75) is 25.5 Å². The van der Waals surface area contributed by atoms with Crippen LogP contribution in [0.2, 0.25) is 0 Å². The first-order valence-corrected chi connectivity index (χ1v) is 8.75. The first-order valence-electron chi connectivity index (χ1n) is 8.75. The van der Waals surface area contributed by atoms with Gasteiger partial charge in [0.15, 0.2) is 11.5 Å². The summed E-state index contributed by atoms with van der Waals surface area (Å²) in [6.45, 7) is -2.31. The maximum Gasteiger partial charge on any atom is 0.387 e. The highest BCUT2D eigenvalue weighted by atomic mass is 19.3. The summed E-state index contributed by atoms with van der Waals surface area (Å²) in [6, 6.07) is 14.7. The number of alkyl halides is 2. The number of hydrogen-bond donors (Lipinski definition) is 0. The normalized spacial score (nSPS) is 16.9. The molecule has 3 rings (SSSR count). The van der Waals surface area contributed by atoms with E-state index in [4.69, 9.17) is 4.74 Å². The van der Waals surface area contributed by atoms with E-state index < -0.39 is 6.61 Å². The van der Waals surface area contributed by atoms with Crippen molar-refractivity contribution >= 4 is 12.0 Å². The van der Waals surface area contributed by atoms with Crippen LogP contribution in [0, 0.1) is 0 Å². The van der Waals surface area contributed by atoms with E-state index in [1.54, 1.807) is 17.0 Å². The third kappa shape index (κ3) is 4.45. The molecule has 0 radical (unpaired) electrons. The van der Waals surface area contributed by atoms with Crippen LogP contribution in [0.15, 0.2) is 54.6 Å². The van der Waals surface area contributed by atoms with Crippen LogP contribution in [-0.4, -0.2) is 31.1 Å². The molecule has 1 atom stereocenters.